The molecule has 1 aliphatic heterocycles. The SMILES string of the molecule is CN(C)C(=O)COc1ccc(NC(=O)c2ccc(N3CCCC3)c([N+](=O)[O-])c2)cc1. The van der Waals surface area contributed by atoms with Crippen LogP contribution in [0, 0.1) is 10.1 Å². The normalized spacial score (nSPS) is 13.1. The maximum absolute atomic E-state index is 12.6. The van der Waals surface area contributed by atoms with Gasteiger partial charge in [-0.05, 0) is 49.2 Å². The summed E-state index contributed by atoms with van der Waals surface area (Å²) < 4.78 is 5.39. The number of rotatable bonds is 7. The summed E-state index contributed by atoms with van der Waals surface area (Å²) in [5.41, 5.74) is 1.20. The van der Waals surface area contributed by atoms with Crippen molar-refractivity contribution in [3.8, 4) is 5.75 Å². The molecule has 0 spiro atoms. The number of nitro benzene ring substituents is 1. The second-order valence-corrected chi connectivity index (χ2v) is 7.21. The predicted octanol–water partition coefficient (Wildman–Crippen LogP) is 2.91. The van der Waals surface area contributed by atoms with E-state index in [-0.39, 0.29) is 23.8 Å². The first-order valence-electron chi connectivity index (χ1n) is 9.63. The number of anilines is 2. The Morgan fingerprint density at radius 1 is 1.13 bits per heavy atom. The first-order valence-corrected chi connectivity index (χ1v) is 9.63. The second kappa shape index (κ2) is 9.25. The quantitative estimate of drug-likeness (QED) is 0.554. The molecule has 0 unspecified atom stereocenters. The van der Waals surface area contributed by atoms with Crippen molar-refractivity contribution in [1.82, 2.24) is 4.90 Å². The molecule has 1 N–H and O–H groups in total. The van der Waals surface area contributed by atoms with E-state index in [2.05, 4.69) is 5.32 Å². The van der Waals surface area contributed by atoms with Gasteiger partial charge in [0.2, 0.25) is 0 Å². The Morgan fingerprint density at radius 2 is 1.80 bits per heavy atom. The van der Waals surface area contributed by atoms with E-state index in [0.717, 1.165) is 25.9 Å². The van der Waals surface area contributed by atoms with Crippen molar-refractivity contribution in [2.24, 2.45) is 0 Å². The molecule has 30 heavy (non-hydrogen) atoms. The molecular weight excluding hydrogens is 388 g/mol. The topological polar surface area (TPSA) is 105 Å². The fraction of sp³-hybridized carbons (Fsp3) is 0.333. The molecule has 0 radical (unpaired) electrons. The Balaban J connectivity index is 1.67. The number of carbonyl (C=O) groups is 2. The monoisotopic (exact) mass is 412 g/mol. The largest absolute Gasteiger partial charge is 0.484 e. The molecule has 1 fully saturated rings. The highest BCUT2D eigenvalue weighted by Gasteiger charge is 2.23. The van der Waals surface area contributed by atoms with Crippen LogP contribution in [0.1, 0.15) is 23.2 Å². The molecule has 0 saturated carbocycles. The standard InChI is InChI=1S/C21H24N4O5/c1-23(2)20(26)14-30-17-8-6-16(7-9-17)22-21(27)15-5-10-18(19(13-15)25(28)29)24-11-3-4-12-24/h5-10,13H,3-4,11-12,14H2,1-2H3,(H,22,27). The van der Waals surface area contributed by atoms with Crippen molar-refractivity contribution in [2.75, 3.05) is 44.0 Å². The minimum absolute atomic E-state index is 0.0705. The van der Waals surface area contributed by atoms with E-state index in [1.54, 1.807) is 50.5 Å². The number of nitrogens with one attached hydrogen (secondary N) is 1. The van der Waals surface area contributed by atoms with Gasteiger partial charge in [0.25, 0.3) is 17.5 Å². The lowest BCUT2D eigenvalue weighted by Gasteiger charge is -2.17. The number of hydrogen-bond donors (Lipinski definition) is 1. The van der Waals surface area contributed by atoms with Crippen molar-refractivity contribution in [2.45, 2.75) is 12.8 Å². The van der Waals surface area contributed by atoms with Crippen LogP contribution in [0.4, 0.5) is 17.1 Å². The summed E-state index contributed by atoms with van der Waals surface area (Å²) in [6.45, 7) is 1.48. The summed E-state index contributed by atoms with van der Waals surface area (Å²) >= 11 is 0. The van der Waals surface area contributed by atoms with Gasteiger partial charge in [-0.15, -0.1) is 0 Å². The Labute approximate surface area is 174 Å². The van der Waals surface area contributed by atoms with Crippen molar-refractivity contribution in [1.29, 1.82) is 0 Å². The van der Waals surface area contributed by atoms with Crippen LogP contribution in [0.15, 0.2) is 42.5 Å². The lowest BCUT2D eigenvalue weighted by atomic mass is 10.1. The van der Waals surface area contributed by atoms with Gasteiger partial charge in [0.15, 0.2) is 6.61 Å². The van der Waals surface area contributed by atoms with E-state index in [4.69, 9.17) is 4.74 Å². The number of hydrogen-bond acceptors (Lipinski definition) is 6. The summed E-state index contributed by atoms with van der Waals surface area (Å²) in [6.07, 6.45) is 2.00. The average Bonchev–Trinajstić information content (AvgIpc) is 3.27. The van der Waals surface area contributed by atoms with Gasteiger partial charge in [-0.1, -0.05) is 0 Å². The van der Waals surface area contributed by atoms with Crippen LogP contribution in [-0.2, 0) is 4.79 Å². The molecule has 2 aromatic carbocycles. The first kappa shape index (κ1) is 21.1. The number of nitro groups is 1. The highest BCUT2D eigenvalue weighted by atomic mass is 16.6. The molecule has 158 valence electrons. The van der Waals surface area contributed by atoms with Crippen LogP contribution in [0.25, 0.3) is 0 Å². The van der Waals surface area contributed by atoms with Crippen molar-refractivity contribution in [3.63, 3.8) is 0 Å². The van der Waals surface area contributed by atoms with E-state index < -0.39 is 10.8 Å². The molecule has 2 aromatic rings. The van der Waals surface area contributed by atoms with Gasteiger partial charge < -0.3 is 19.9 Å². The smallest absolute Gasteiger partial charge is 0.293 e. The Hall–Kier alpha value is -3.62. The second-order valence-electron chi connectivity index (χ2n) is 7.21. The Morgan fingerprint density at radius 3 is 2.40 bits per heavy atom. The number of nitrogens with zero attached hydrogens (tertiary/aromatic N) is 3. The zero-order chi connectivity index (χ0) is 21.7. The molecule has 1 saturated heterocycles. The molecule has 1 heterocycles. The number of ether oxygens (including phenoxy) is 1. The number of benzene rings is 2. The molecule has 3 rings (SSSR count). The van der Waals surface area contributed by atoms with Crippen molar-refractivity contribution in [3.05, 3.63) is 58.1 Å². The fourth-order valence-corrected chi connectivity index (χ4v) is 3.15. The highest BCUT2D eigenvalue weighted by molar-refractivity contribution is 6.05. The van der Waals surface area contributed by atoms with E-state index in [0.29, 0.717) is 17.1 Å². The van der Waals surface area contributed by atoms with Crippen LogP contribution in [0.3, 0.4) is 0 Å². The van der Waals surface area contributed by atoms with Gasteiger partial charge in [-0.2, -0.15) is 0 Å². The van der Waals surface area contributed by atoms with E-state index in [1.807, 2.05) is 4.90 Å². The number of amides is 2. The third-order valence-electron chi connectivity index (χ3n) is 4.85. The zero-order valence-electron chi connectivity index (χ0n) is 17.0. The Kier molecular flexibility index (Phi) is 6.51. The fourth-order valence-electron chi connectivity index (χ4n) is 3.15. The van der Waals surface area contributed by atoms with Gasteiger partial charge in [-0.25, -0.2) is 0 Å². The third-order valence-corrected chi connectivity index (χ3v) is 4.85. The Bertz CT molecular complexity index is 937. The molecule has 2 amide bonds. The van der Waals surface area contributed by atoms with Crippen LogP contribution in [0.2, 0.25) is 0 Å². The number of likely N-dealkylation sites (N-methyl/N-ethyl adjacent to an activating group) is 1. The summed E-state index contributed by atoms with van der Waals surface area (Å²) in [7, 11) is 3.29. The van der Waals surface area contributed by atoms with Gasteiger partial charge in [-0.3, -0.25) is 19.7 Å². The van der Waals surface area contributed by atoms with E-state index in [9.17, 15) is 19.7 Å². The lowest BCUT2D eigenvalue weighted by Crippen LogP contribution is -2.27. The molecule has 0 aliphatic carbocycles. The van der Waals surface area contributed by atoms with Crippen LogP contribution in [-0.4, -0.2) is 55.4 Å². The van der Waals surface area contributed by atoms with Crippen LogP contribution >= 0.6 is 0 Å². The lowest BCUT2D eigenvalue weighted by molar-refractivity contribution is -0.384. The summed E-state index contributed by atoms with van der Waals surface area (Å²) in [4.78, 5) is 38.6. The summed E-state index contributed by atoms with van der Waals surface area (Å²) in [6, 6.07) is 11.1. The third kappa shape index (κ3) is 5.05. The maximum atomic E-state index is 12.6. The molecule has 9 heteroatoms. The van der Waals surface area contributed by atoms with Gasteiger partial charge in [0.1, 0.15) is 11.4 Å². The molecule has 1 aliphatic rings. The van der Waals surface area contributed by atoms with Gasteiger partial charge in [0, 0.05) is 44.5 Å². The summed E-state index contributed by atoms with van der Waals surface area (Å²) in [5, 5.41) is 14.2. The van der Waals surface area contributed by atoms with Crippen molar-refractivity contribution < 1.29 is 19.2 Å². The van der Waals surface area contributed by atoms with E-state index in [1.165, 1.54) is 11.0 Å². The highest BCUT2D eigenvalue weighted by Crippen LogP contribution is 2.32. The molecular formula is C21H24N4O5. The van der Waals surface area contributed by atoms with E-state index >= 15 is 0 Å². The molecule has 0 aromatic heterocycles. The molecule has 9 nitrogen and oxygen atoms in total. The first-order chi connectivity index (χ1) is 14.3. The summed E-state index contributed by atoms with van der Waals surface area (Å²) in [5.74, 6) is -0.109. The maximum Gasteiger partial charge on any atom is 0.293 e. The number of carbonyl (C=O) groups excluding carboxylic acids is 2. The average molecular weight is 412 g/mol. The van der Waals surface area contributed by atoms with Gasteiger partial charge >= 0.3 is 0 Å². The predicted molar refractivity (Wildman–Crippen MR) is 113 cm³/mol. The van der Waals surface area contributed by atoms with Crippen LogP contribution in [0.5, 0.6) is 5.75 Å². The van der Waals surface area contributed by atoms with Crippen molar-refractivity contribution >= 4 is 28.9 Å². The minimum Gasteiger partial charge on any atom is -0.484 e. The molecule has 0 bridgehead atoms. The minimum atomic E-state index is -0.453. The van der Waals surface area contributed by atoms with Gasteiger partial charge in [0.05, 0.1) is 4.92 Å². The zero-order valence-corrected chi connectivity index (χ0v) is 17.0. The van der Waals surface area contributed by atoms with Crippen LogP contribution < -0.4 is 15.0 Å². The molecule has 0 atom stereocenters.